The van der Waals surface area contributed by atoms with E-state index in [1.807, 2.05) is 0 Å². The van der Waals surface area contributed by atoms with Crippen LogP contribution in [-0.4, -0.2) is 121 Å². The maximum absolute atomic E-state index is 14.5. The maximum Gasteiger partial charge on any atom is 0.296 e. The average molecular weight is 760 g/mol. The number of hydrogen-bond acceptors (Lipinski definition) is 13. The summed E-state index contributed by atoms with van der Waals surface area (Å²) in [5.41, 5.74) is -2.43. The molecule has 0 saturated heterocycles. The summed E-state index contributed by atoms with van der Waals surface area (Å²) in [4.78, 5) is 25.6. The van der Waals surface area contributed by atoms with Crippen molar-refractivity contribution in [1.82, 2.24) is 19.5 Å². The number of halogens is 1. The number of nitrogens with zero attached hydrogens (tertiary/aromatic N) is 6. The predicted octanol–water partition coefficient (Wildman–Crippen LogP) is 3.30. The van der Waals surface area contributed by atoms with Crippen molar-refractivity contribution < 1.29 is 40.5 Å². The Kier molecular flexibility index (Phi) is 13.2. The van der Waals surface area contributed by atoms with Crippen LogP contribution in [0, 0.1) is 18.4 Å². The molecule has 51 heavy (non-hydrogen) atoms. The molecule has 0 unspecified atom stereocenters. The predicted molar refractivity (Wildman–Crippen MR) is 183 cm³/mol. The summed E-state index contributed by atoms with van der Waals surface area (Å²) in [6.07, 6.45) is -1.12. The Balaban J connectivity index is 0.00000351. The van der Waals surface area contributed by atoms with Gasteiger partial charge in [0.25, 0.3) is 31.9 Å². The van der Waals surface area contributed by atoms with Crippen molar-refractivity contribution in [1.29, 1.82) is 5.41 Å². The first-order valence-corrected chi connectivity index (χ1v) is 16.6. The van der Waals surface area contributed by atoms with Crippen LogP contribution in [-0.2, 0) is 26.8 Å². The maximum atomic E-state index is 14.5. The molecular formula is C28H24FN9Na2O9S2. The zero-order valence-electron chi connectivity index (χ0n) is 27.1. The molecule has 5 rings (SSSR count). The monoisotopic (exact) mass is 759 g/mol. The number of aromatic hydroxyl groups is 1. The first-order chi connectivity index (χ1) is 23.0. The molecule has 5 aromatic rings. The van der Waals surface area contributed by atoms with E-state index in [-0.39, 0.29) is 99.1 Å². The topological polar surface area (TPSA) is 286 Å². The second kappa shape index (κ2) is 16.2. The van der Waals surface area contributed by atoms with Crippen molar-refractivity contribution in [3.63, 3.8) is 0 Å². The minimum Gasteiger partial charge on any atom is -0.493 e. The number of H-pyrrole nitrogens is 1. The van der Waals surface area contributed by atoms with Gasteiger partial charge < -0.3 is 15.5 Å². The Hall–Kier alpha value is -3.90. The van der Waals surface area contributed by atoms with Crippen LogP contribution in [0.2, 0.25) is 0 Å². The van der Waals surface area contributed by atoms with Gasteiger partial charge >= 0.3 is 0 Å². The number of aliphatic hydroxyl groups excluding tert-OH is 1. The molecular weight excluding hydrogens is 735 g/mol. The number of hydrogen-bond donors (Lipinski definition) is 7. The number of pyridine rings is 1. The molecule has 0 atom stereocenters. The third-order valence-corrected chi connectivity index (χ3v) is 8.67. The van der Waals surface area contributed by atoms with Gasteiger partial charge in [0.05, 0.1) is 10.6 Å². The number of nitrogens with one attached hydrogen (secondary N) is 3. The number of anilines is 2. The van der Waals surface area contributed by atoms with Gasteiger partial charge in [-0.05, 0) is 67.1 Å². The molecule has 2 radical (unpaired) electrons. The Labute approximate surface area is 331 Å². The zero-order chi connectivity index (χ0) is 35.8. The molecule has 0 spiro atoms. The van der Waals surface area contributed by atoms with Crippen molar-refractivity contribution in [2.75, 3.05) is 5.32 Å². The fraction of sp³-hybridized carbons (Fsp3) is 0.107. The van der Waals surface area contributed by atoms with Gasteiger partial charge in [0, 0.05) is 76.9 Å². The van der Waals surface area contributed by atoms with E-state index in [0.29, 0.717) is 16.5 Å². The van der Waals surface area contributed by atoms with Gasteiger partial charge in [0.2, 0.25) is 23.3 Å². The minimum atomic E-state index is -4.90. The van der Waals surface area contributed by atoms with Crippen LogP contribution in [0.3, 0.4) is 0 Å². The molecule has 0 aliphatic heterocycles. The number of benzene rings is 3. The molecule has 0 bridgehead atoms. The quantitative estimate of drug-likeness (QED) is 0.0375. The molecule has 3 aromatic carbocycles. The summed E-state index contributed by atoms with van der Waals surface area (Å²) in [5, 5.41) is 39.5. The third kappa shape index (κ3) is 9.32. The molecule has 0 amide bonds. The van der Waals surface area contributed by atoms with Crippen molar-refractivity contribution in [3.8, 4) is 5.88 Å². The Bertz CT molecular complexity index is 2580. The van der Waals surface area contributed by atoms with Crippen LogP contribution in [0.4, 0.5) is 33.1 Å². The van der Waals surface area contributed by atoms with E-state index < -0.39 is 59.8 Å². The van der Waals surface area contributed by atoms with Gasteiger partial charge in [-0.3, -0.25) is 28.9 Å². The van der Waals surface area contributed by atoms with Crippen LogP contribution >= 0.6 is 0 Å². The first kappa shape index (κ1) is 41.5. The molecule has 23 heteroatoms. The molecule has 0 aliphatic rings. The zero-order valence-corrected chi connectivity index (χ0v) is 32.7. The van der Waals surface area contributed by atoms with Gasteiger partial charge in [0.1, 0.15) is 21.8 Å². The van der Waals surface area contributed by atoms with E-state index in [9.17, 15) is 45.3 Å². The normalized spacial score (nSPS) is 12.1. The van der Waals surface area contributed by atoms with E-state index in [1.54, 1.807) is 12.1 Å². The van der Waals surface area contributed by atoms with Crippen molar-refractivity contribution in [3.05, 3.63) is 87.8 Å². The number of fused-ring (bicyclic) bond motifs is 1. The summed E-state index contributed by atoms with van der Waals surface area (Å²) in [7, 11) is -9.31. The third-order valence-electron chi connectivity index (χ3n) is 6.92. The standard InChI is InChI=1S/C28H24FN9O9S2.2Na/c1-3-38-24(40)21(23(30)39)13(2)22(25(38)41)37-36-19-12-17(7-9-20(19)49(45,46)47)32-28-34-26(29)33-27(35-28)31-16-6-4-15-11-18(48(42,43)44)8-5-14(15)10-16;;/h4-12,41H,3H2,1-2H3,(H2,30,39)(H,42,43,44)(H,45,46,47)(H2,31,32,33,34,35);;. The Morgan fingerprint density at radius 3 is 2.27 bits per heavy atom. The fourth-order valence-electron chi connectivity index (χ4n) is 4.66. The summed E-state index contributed by atoms with van der Waals surface area (Å²) < 4.78 is 81.4. The summed E-state index contributed by atoms with van der Waals surface area (Å²) in [6, 6.07) is 11.7. The minimum absolute atomic E-state index is 0. The second-order valence-corrected chi connectivity index (χ2v) is 12.9. The Morgan fingerprint density at radius 2 is 1.65 bits per heavy atom. The van der Waals surface area contributed by atoms with Crippen molar-refractivity contribution >= 4 is 125 Å². The number of aliphatic hydroxyl groups is 1. The molecule has 2 heterocycles. The van der Waals surface area contributed by atoms with Crippen LogP contribution in [0.15, 0.2) is 84.4 Å². The van der Waals surface area contributed by atoms with E-state index in [0.717, 1.165) is 22.8 Å². The molecule has 256 valence electrons. The largest absolute Gasteiger partial charge is 0.493 e. The molecule has 0 aliphatic carbocycles. The number of aromatic amines is 1. The van der Waals surface area contributed by atoms with Crippen molar-refractivity contribution in [2.45, 2.75) is 30.2 Å². The molecule has 0 saturated carbocycles. The van der Waals surface area contributed by atoms with Gasteiger partial charge in [-0.15, -0.1) is 10.2 Å². The first-order valence-electron chi connectivity index (χ1n) is 13.7. The Morgan fingerprint density at radius 1 is 0.980 bits per heavy atom. The van der Waals surface area contributed by atoms with Gasteiger partial charge in [0.15, 0.2) is 0 Å². The molecule has 0 fully saturated rings. The summed E-state index contributed by atoms with van der Waals surface area (Å²) >= 11 is 0. The van der Waals surface area contributed by atoms with Gasteiger partial charge in [-0.25, -0.2) is 4.99 Å². The van der Waals surface area contributed by atoms with Gasteiger partial charge in [-0.1, -0.05) is 12.1 Å². The van der Waals surface area contributed by atoms with Crippen LogP contribution in [0.25, 0.3) is 10.8 Å². The smallest absolute Gasteiger partial charge is 0.296 e. The number of rotatable bonds is 9. The molecule has 2 aromatic heterocycles. The van der Waals surface area contributed by atoms with E-state index in [1.165, 1.54) is 38.1 Å². The van der Waals surface area contributed by atoms with E-state index in [4.69, 9.17) is 5.41 Å². The van der Waals surface area contributed by atoms with E-state index in [2.05, 4.69) is 35.5 Å². The number of azo groups is 1. The fourth-order valence-corrected chi connectivity index (χ4v) is 5.78. The summed E-state index contributed by atoms with van der Waals surface area (Å²) in [5.74, 6) is -2.05. The summed E-state index contributed by atoms with van der Waals surface area (Å²) in [6.45, 7) is 2.69. The van der Waals surface area contributed by atoms with Crippen LogP contribution < -0.4 is 16.5 Å². The van der Waals surface area contributed by atoms with Crippen LogP contribution in [0.1, 0.15) is 18.1 Å². The van der Waals surface area contributed by atoms with Gasteiger partial charge in [-0.2, -0.15) is 31.2 Å². The molecule has 7 N–H and O–H groups in total. The van der Waals surface area contributed by atoms with E-state index >= 15 is 0 Å². The number of aromatic nitrogens is 4. The second-order valence-electron chi connectivity index (χ2n) is 10.1. The van der Waals surface area contributed by atoms with Crippen LogP contribution in [0.5, 0.6) is 5.88 Å². The van der Waals surface area contributed by atoms with Crippen molar-refractivity contribution in [2.24, 2.45) is 15.2 Å². The molecule has 18 nitrogen and oxygen atoms in total. The SMILES string of the molecule is CCn1c(O)c(N=Nc2cc(N=c3nc(Nc4ccc5cc(S(=O)(=O)O)ccc5c4)nc(F)[nH]3)ccc2S(=O)(=O)O)c(C)c(C(=N)O)c1=O.[Na].[Na]. The average Bonchev–Trinajstić information content (AvgIpc) is 2.99.